The van der Waals surface area contributed by atoms with E-state index in [-0.39, 0.29) is 0 Å². The second kappa shape index (κ2) is 5.21. The van der Waals surface area contributed by atoms with Crippen molar-refractivity contribution in [2.45, 2.75) is 6.92 Å². The number of aldehydes is 1. The van der Waals surface area contributed by atoms with Gasteiger partial charge in [-0.3, -0.25) is 4.79 Å². The lowest BCUT2D eigenvalue weighted by molar-refractivity contribution is -0.104. The quantitative estimate of drug-likeness (QED) is 0.479. The number of allylic oxidation sites excluding steroid dienone is 1. The maximum atomic E-state index is 10.5. The fourth-order valence-corrected chi connectivity index (χ4v) is 1.31. The number of carbonyl (C=O) groups excluding carboxylic acids is 1. The van der Waals surface area contributed by atoms with Crippen molar-refractivity contribution in [3.05, 3.63) is 23.3 Å². The summed E-state index contributed by atoms with van der Waals surface area (Å²) in [6, 6.07) is 3.41. The Hall–Kier alpha value is -1.97. The number of carbonyl (C=O) groups is 1. The fraction of sp³-hybridized carbons (Fsp3) is 0.250. The van der Waals surface area contributed by atoms with Crippen molar-refractivity contribution in [3.63, 3.8) is 0 Å². The molecule has 86 valence electrons. The smallest absolute Gasteiger partial charge is 0.162 e. The SMILES string of the molecule is COc1cc(N)c(C=C(C)C=O)cc1OC. The van der Waals surface area contributed by atoms with Crippen LogP contribution in [-0.2, 0) is 4.79 Å². The standard InChI is InChI=1S/C12H15NO3/c1-8(7-14)4-9-5-11(15-2)12(16-3)6-10(9)13/h4-7H,13H2,1-3H3. The molecule has 0 saturated carbocycles. The number of rotatable bonds is 4. The molecule has 0 heterocycles. The molecule has 0 amide bonds. The molecule has 1 aromatic carbocycles. The van der Waals surface area contributed by atoms with Gasteiger partial charge in [0.15, 0.2) is 11.5 Å². The second-order valence-corrected chi connectivity index (χ2v) is 3.34. The van der Waals surface area contributed by atoms with Gasteiger partial charge in [-0.25, -0.2) is 0 Å². The van der Waals surface area contributed by atoms with Crippen LogP contribution in [0.15, 0.2) is 17.7 Å². The van der Waals surface area contributed by atoms with Crippen LogP contribution in [0.4, 0.5) is 5.69 Å². The molecule has 4 nitrogen and oxygen atoms in total. The lowest BCUT2D eigenvalue weighted by Crippen LogP contribution is -1.96. The van der Waals surface area contributed by atoms with Gasteiger partial charge in [0.1, 0.15) is 6.29 Å². The minimum atomic E-state index is 0.541. The van der Waals surface area contributed by atoms with E-state index in [4.69, 9.17) is 15.2 Å². The van der Waals surface area contributed by atoms with E-state index in [2.05, 4.69) is 0 Å². The number of methoxy groups -OCH3 is 2. The van der Waals surface area contributed by atoms with Crippen molar-refractivity contribution in [2.75, 3.05) is 20.0 Å². The fourth-order valence-electron chi connectivity index (χ4n) is 1.31. The zero-order valence-electron chi connectivity index (χ0n) is 9.61. The molecule has 16 heavy (non-hydrogen) atoms. The first kappa shape index (κ1) is 12.1. The van der Waals surface area contributed by atoms with Gasteiger partial charge in [0.2, 0.25) is 0 Å². The largest absolute Gasteiger partial charge is 0.493 e. The highest BCUT2D eigenvalue weighted by Crippen LogP contribution is 2.32. The van der Waals surface area contributed by atoms with E-state index in [0.29, 0.717) is 22.8 Å². The summed E-state index contributed by atoms with van der Waals surface area (Å²) in [7, 11) is 3.09. The van der Waals surface area contributed by atoms with Crippen molar-refractivity contribution in [1.29, 1.82) is 0 Å². The van der Waals surface area contributed by atoms with E-state index in [9.17, 15) is 4.79 Å². The van der Waals surface area contributed by atoms with Crippen LogP contribution in [0, 0.1) is 0 Å². The third kappa shape index (κ3) is 2.53. The molecule has 1 aromatic rings. The highest BCUT2D eigenvalue weighted by Gasteiger charge is 2.07. The van der Waals surface area contributed by atoms with Gasteiger partial charge in [-0.1, -0.05) is 0 Å². The summed E-state index contributed by atoms with van der Waals surface area (Å²) >= 11 is 0. The lowest BCUT2D eigenvalue weighted by Gasteiger charge is -2.10. The van der Waals surface area contributed by atoms with E-state index in [1.807, 2.05) is 0 Å². The number of hydrogen-bond donors (Lipinski definition) is 1. The summed E-state index contributed by atoms with van der Waals surface area (Å²) in [4.78, 5) is 10.5. The number of nitrogens with two attached hydrogens (primary N) is 1. The molecule has 0 aromatic heterocycles. The minimum Gasteiger partial charge on any atom is -0.493 e. The van der Waals surface area contributed by atoms with Crippen molar-refractivity contribution in [3.8, 4) is 11.5 Å². The normalized spacial score (nSPS) is 11.1. The van der Waals surface area contributed by atoms with Crippen LogP contribution in [0.1, 0.15) is 12.5 Å². The maximum absolute atomic E-state index is 10.5. The van der Waals surface area contributed by atoms with Gasteiger partial charge in [0.05, 0.1) is 14.2 Å². The molecule has 1 rings (SSSR count). The molecular formula is C12H15NO3. The first-order valence-electron chi connectivity index (χ1n) is 4.77. The summed E-state index contributed by atoms with van der Waals surface area (Å²) in [5.41, 5.74) is 7.70. The van der Waals surface area contributed by atoms with Gasteiger partial charge in [-0.15, -0.1) is 0 Å². The Kier molecular flexibility index (Phi) is 3.94. The zero-order valence-corrected chi connectivity index (χ0v) is 9.61. The number of benzene rings is 1. The average Bonchev–Trinajstić information content (AvgIpc) is 2.30. The molecule has 0 fully saturated rings. The van der Waals surface area contributed by atoms with E-state index < -0.39 is 0 Å². The maximum Gasteiger partial charge on any atom is 0.162 e. The Balaban J connectivity index is 3.26. The van der Waals surface area contributed by atoms with Gasteiger partial charge in [-0.2, -0.15) is 0 Å². The summed E-state index contributed by atoms with van der Waals surface area (Å²) in [5.74, 6) is 1.16. The monoisotopic (exact) mass is 221 g/mol. The Morgan fingerprint density at radius 1 is 1.25 bits per heavy atom. The molecule has 2 N–H and O–H groups in total. The molecule has 0 unspecified atom stereocenters. The summed E-state index contributed by atoms with van der Waals surface area (Å²) in [5, 5.41) is 0. The summed E-state index contributed by atoms with van der Waals surface area (Å²) < 4.78 is 10.3. The Bertz CT molecular complexity index is 425. The number of hydrogen-bond acceptors (Lipinski definition) is 4. The molecular weight excluding hydrogens is 206 g/mol. The molecule has 0 spiro atoms. The van der Waals surface area contributed by atoms with Crippen LogP contribution >= 0.6 is 0 Å². The Labute approximate surface area is 94.7 Å². The number of ether oxygens (including phenoxy) is 2. The van der Waals surface area contributed by atoms with E-state index >= 15 is 0 Å². The van der Waals surface area contributed by atoms with E-state index in [1.165, 1.54) is 0 Å². The number of anilines is 1. The summed E-state index contributed by atoms with van der Waals surface area (Å²) in [6.07, 6.45) is 2.47. The van der Waals surface area contributed by atoms with Crippen LogP contribution in [-0.4, -0.2) is 20.5 Å². The predicted octanol–water partition coefficient (Wildman–Crippen LogP) is 1.89. The Morgan fingerprint density at radius 3 is 2.31 bits per heavy atom. The van der Waals surface area contributed by atoms with Crippen molar-refractivity contribution in [1.82, 2.24) is 0 Å². The molecule has 0 aliphatic rings. The third-order valence-electron chi connectivity index (χ3n) is 2.16. The highest BCUT2D eigenvalue weighted by molar-refractivity contribution is 5.83. The topological polar surface area (TPSA) is 61.5 Å². The second-order valence-electron chi connectivity index (χ2n) is 3.34. The van der Waals surface area contributed by atoms with Gasteiger partial charge in [-0.05, 0) is 24.6 Å². The first-order valence-corrected chi connectivity index (χ1v) is 4.77. The van der Waals surface area contributed by atoms with E-state index in [1.54, 1.807) is 39.4 Å². The van der Waals surface area contributed by atoms with Gasteiger partial charge in [0.25, 0.3) is 0 Å². The third-order valence-corrected chi connectivity index (χ3v) is 2.16. The first-order chi connectivity index (χ1) is 7.62. The Morgan fingerprint density at radius 2 is 1.81 bits per heavy atom. The molecule has 0 radical (unpaired) electrons. The molecule has 0 aliphatic heterocycles. The lowest BCUT2D eigenvalue weighted by atomic mass is 10.1. The molecule has 4 heteroatoms. The van der Waals surface area contributed by atoms with Crippen LogP contribution < -0.4 is 15.2 Å². The van der Waals surface area contributed by atoms with Gasteiger partial charge >= 0.3 is 0 Å². The van der Waals surface area contributed by atoms with Crippen LogP contribution in [0.3, 0.4) is 0 Å². The van der Waals surface area contributed by atoms with E-state index in [0.717, 1.165) is 11.8 Å². The average molecular weight is 221 g/mol. The number of nitrogen functional groups attached to an aromatic ring is 1. The van der Waals surface area contributed by atoms with Crippen molar-refractivity contribution < 1.29 is 14.3 Å². The molecule has 0 atom stereocenters. The van der Waals surface area contributed by atoms with Gasteiger partial charge < -0.3 is 15.2 Å². The van der Waals surface area contributed by atoms with Gasteiger partial charge in [0, 0.05) is 17.3 Å². The molecule has 0 aliphatic carbocycles. The molecule has 0 bridgehead atoms. The van der Waals surface area contributed by atoms with Crippen molar-refractivity contribution in [2.24, 2.45) is 0 Å². The van der Waals surface area contributed by atoms with Crippen LogP contribution in [0.25, 0.3) is 6.08 Å². The van der Waals surface area contributed by atoms with Crippen molar-refractivity contribution >= 4 is 18.0 Å². The van der Waals surface area contributed by atoms with Crippen LogP contribution in [0.5, 0.6) is 11.5 Å². The summed E-state index contributed by atoms with van der Waals surface area (Å²) in [6.45, 7) is 1.71. The molecule has 0 saturated heterocycles. The zero-order chi connectivity index (χ0) is 12.1. The highest BCUT2D eigenvalue weighted by atomic mass is 16.5. The minimum absolute atomic E-state index is 0.541. The van der Waals surface area contributed by atoms with Crippen LogP contribution in [0.2, 0.25) is 0 Å². The predicted molar refractivity (Wildman–Crippen MR) is 63.7 cm³/mol.